The van der Waals surface area contributed by atoms with Crippen molar-refractivity contribution in [3.8, 4) is 17.2 Å². The van der Waals surface area contributed by atoms with Gasteiger partial charge in [0.2, 0.25) is 5.89 Å². The lowest BCUT2D eigenvalue weighted by atomic mass is 9.70. The molecule has 5 rings (SSSR count). The number of benzene rings is 1. The van der Waals surface area contributed by atoms with E-state index >= 15 is 0 Å². The average Bonchev–Trinajstić information content (AvgIpc) is 3.28. The predicted molar refractivity (Wildman–Crippen MR) is 145 cm³/mol. The van der Waals surface area contributed by atoms with Crippen molar-refractivity contribution >= 4 is 17.4 Å². The zero-order chi connectivity index (χ0) is 26.7. The molecule has 0 saturated carbocycles. The van der Waals surface area contributed by atoms with Crippen molar-refractivity contribution in [2.24, 2.45) is 5.41 Å². The summed E-state index contributed by atoms with van der Waals surface area (Å²) in [5.41, 5.74) is 4.95. The third-order valence-electron chi connectivity index (χ3n) is 7.45. The number of carboxylic acids is 1. The second-order valence-corrected chi connectivity index (χ2v) is 10.5. The largest absolute Gasteiger partial charge is 0.493 e. The molecule has 1 aliphatic heterocycles. The molecular formula is C30H35N3O5. The summed E-state index contributed by atoms with van der Waals surface area (Å²) in [5, 5.41) is 9.21. The lowest BCUT2D eigenvalue weighted by Gasteiger charge is -2.35. The summed E-state index contributed by atoms with van der Waals surface area (Å²) < 4.78 is 17.6. The van der Waals surface area contributed by atoms with Gasteiger partial charge in [0.1, 0.15) is 17.3 Å². The predicted octanol–water partition coefficient (Wildman–Crippen LogP) is 5.33. The SMILES string of the molecule is Cc1oc(-c2ccc(N3CCOCC3)nc2)nc1CCOc1cccc2c1CCC(C)(C)/C2=C/CC(=O)O. The van der Waals surface area contributed by atoms with Crippen LogP contribution in [0.4, 0.5) is 5.82 Å². The normalized spacial score (nSPS) is 17.9. The molecule has 0 atom stereocenters. The summed E-state index contributed by atoms with van der Waals surface area (Å²) in [6, 6.07) is 10.0. The number of pyridine rings is 1. The molecule has 0 spiro atoms. The third kappa shape index (κ3) is 5.60. The van der Waals surface area contributed by atoms with E-state index in [0.717, 1.165) is 84.4 Å². The Bertz CT molecular complexity index is 1320. The molecule has 3 heterocycles. The maximum absolute atomic E-state index is 11.2. The Morgan fingerprint density at radius 1 is 1.21 bits per heavy atom. The van der Waals surface area contributed by atoms with Gasteiger partial charge in [0.15, 0.2) is 0 Å². The van der Waals surface area contributed by atoms with Crippen LogP contribution in [-0.4, -0.2) is 54.0 Å². The quantitative estimate of drug-likeness (QED) is 0.428. The van der Waals surface area contributed by atoms with Crippen LogP contribution in [0.15, 0.2) is 47.0 Å². The minimum absolute atomic E-state index is 0.0164. The van der Waals surface area contributed by atoms with E-state index in [1.54, 1.807) is 0 Å². The van der Waals surface area contributed by atoms with Gasteiger partial charge in [-0.25, -0.2) is 9.97 Å². The monoisotopic (exact) mass is 517 g/mol. The molecule has 2 aromatic heterocycles. The lowest BCUT2D eigenvalue weighted by molar-refractivity contribution is -0.136. The number of ether oxygens (including phenoxy) is 2. The van der Waals surface area contributed by atoms with Crippen LogP contribution >= 0.6 is 0 Å². The highest BCUT2D eigenvalue weighted by Gasteiger charge is 2.32. The van der Waals surface area contributed by atoms with Crippen LogP contribution in [0, 0.1) is 12.3 Å². The van der Waals surface area contributed by atoms with Crippen molar-refractivity contribution in [3.05, 3.63) is 65.2 Å². The highest BCUT2D eigenvalue weighted by molar-refractivity contribution is 5.79. The number of carboxylic acid groups (broad SMARTS) is 1. The second-order valence-electron chi connectivity index (χ2n) is 10.5. The zero-order valence-electron chi connectivity index (χ0n) is 22.3. The molecule has 8 nitrogen and oxygen atoms in total. The molecule has 38 heavy (non-hydrogen) atoms. The number of aryl methyl sites for hydroxylation is 1. The fourth-order valence-corrected chi connectivity index (χ4v) is 5.26. The van der Waals surface area contributed by atoms with Gasteiger partial charge < -0.3 is 23.9 Å². The molecule has 3 aromatic rings. The molecular weight excluding hydrogens is 482 g/mol. The molecule has 8 heteroatoms. The summed E-state index contributed by atoms with van der Waals surface area (Å²) in [6.45, 7) is 9.87. The van der Waals surface area contributed by atoms with Gasteiger partial charge >= 0.3 is 5.97 Å². The van der Waals surface area contributed by atoms with Crippen LogP contribution in [0.2, 0.25) is 0 Å². The first kappa shape index (κ1) is 26.0. The van der Waals surface area contributed by atoms with Gasteiger partial charge in [-0.2, -0.15) is 0 Å². The number of aliphatic carboxylic acids is 1. The number of morpholine rings is 1. The van der Waals surface area contributed by atoms with Crippen LogP contribution in [0.1, 0.15) is 49.3 Å². The minimum atomic E-state index is -0.820. The van der Waals surface area contributed by atoms with Crippen molar-refractivity contribution in [1.29, 1.82) is 0 Å². The summed E-state index contributed by atoms with van der Waals surface area (Å²) in [5.74, 6) is 2.30. The number of oxazole rings is 1. The third-order valence-corrected chi connectivity index (χ3v) is 7.45. The van der Waals surface area contributed by atoms with Gasteiger partial charge in [0, 0.05) is 31.3 Å². The summed E-state index contributed by atoms with van der Waals surface area (Å²) >= 11 is 0. The molecule has 1 saturated heterocycles. The number of fused-ring (bicyclic) bond motifs is 1. The van der Waals surface area contributed by atoms with E-state index in [1.807, 2.05) is 43.5 Å². The van der Waals surface area contributed by atoms with E-state index in [0.29, 0.717) is 18.9 Å². The number of hydrogen-bond donors (Lipinski definition) is 1. The molecule has 0 radical (unpaired) electrons. The minimum Gasteiger partial charge on any atom is -0.493 e. The fraction of sp³-hybridized carbons (Fsp3) is 0.433. The fourth-order valence-electron chi connectivity index (χ4n) is 5.26. The van der Waals surface area contributed by atoms with Crippen molar-refractivity contribution in [3.63, 3.8) is 0 Å². The van der Waals surface area contributed by atoms with E-state index < -0.39 is 5.97 Å². The molecule has 1 N–H and O–H groups in total. The Labute approximate surface area is 223 Å². The zero-order valence-corrected chi connectivity index (χ0v) is 22.3. The molecule has 200 valence electrons. The van der Waals surface area contributed by atoms with Crippen LogP contribution in [0.25, 0.3) is 17.0 Å². The van der Waals surface area contributed by atoms with Crippen LogP contribution in [0.5, 0.6) is 5.75 Å². The number of nitrogens with zero attached hydrogens (tertiary/aromatic N) is 3. The number of anilines is 1. The first-order chi connectivity index (χ1) is 18.3. The molecule has 0 unspecified atom stereocenters. The number of aromatic nitrogens is 2. The first-order valence-electron chi connectivity index (χ1n) is 13.2. The van der Waals surface area contributed by atoms with Gasteiger partial charge in [0.05, 0.1) is 37.5 Å². The Kier molecular flexibility index (Phi) is 7.51. The molecule has 0 amide bonds. The number of hydrogen-bond acceptors (Lipinski definition) is 7. The molecule has 1 fully saturated rings. The number of allylic oxidation sites excluding steroid dienone is 1. The Morgan fingerprint density at radius 3 is 2.76 bits per heavy atom. The van der Waals surface area contributed by atoms with Crippen molar-refractivity contribution in [1.82, 2.24) is 9.97 Å². The van der Waals surface area contributed by atoms with Gasteiger partial charge in [-0.1, -0.05) is 32.1 Å². The first-order valence-corrected chi connectivity index (χ1v) is 13.2. The van der Waals surface area contributed by atoms with Gasteiger partial charge in [-0.15, -0.1) is 0 Å². The highest BCUT2D eigenvalue weighted by Crippen LogP contribution is 2.47. The van der Waals surface area contributed by atoms with Crippen LogP contribution < -0.4 is 9.64 Å². The lowest BCUT2D eigenvalue weighted by Crippen LogP contribution is -2.36. The van der Waals surface area contributed by atoms with Gasteiger partial charge in [-0.05, 0) is 54.5 Å². The van der Waals surface area contributed by atoms with E-state index in [-0.39, 0.29) is 11.8 Å². The van der Waals surface area contributed by atoms with Gasteiger partial charge in [-0.3, -0.25) is 4.79 Å². The van der Waals surface area contributed by atoms with E-state index in [9.17, 15) is 9.90 Å². The molecule has 1 aliphatic carbocycles. The Morgan fingerprint density at radius 2 is 2.03 bits per heavy atom. The number of carbonyl (C=O) groups is 1. The topological polar surface area (TPSA) is 97.9 Å². The smallest absolute Gasteiger partial charge is 0.307 e. The number of rotatable bonds is 8. The van der Waals surface area contributed by atoms with Crippen molar-refractivity contribution in [2.45, 2.75) is 46.5 Å². The Hall–Kier alpha value is -3.65. The summed E-state index contributed by atoms with van der Waals surface area (Å²) in [7, 11) is 0. The molecule has 1 aromatic carbocycles. The van der Waals surface area contributed by atoms with Crippen molar-refractivity contribution < 1.29 is 23.8 Å². The maximum Gasteiger partial charge on any atom is 0.307 e. The van der Waals surface area contributed by atoms with E-state index in [4.69, 9.17) is 18.9 Å². The van der Waals surface area contributed by atoms with Crippen LogP contribution in [-0.2, 0) is 22.4 Å². The summed E-state index contributed by atoms with van der Waals surface area (Å²) in [4.78, 5) is 22.8. The highest BCUT2D eigenvalue weighted by atomic mass is 16.5. The maximum atomic E-state index is 11.2. The van der Waals surface area contributed by atoms with Gasteiger partial charge in [0.25, 0.3) is 0 Å². The Balaban J connectivity index is 1.26. The second kappa shape index (κ2) is 11.0. The van der Waals surface area contributed by atoms with E-state index in [1.165, 1.54) is 0 Å². The molecule has 0 bridgehead atoms. The average molecular weight is 518 g/mol. The van der Waals surface area contributed by atoms with Crippen LogP contribution in [0.3, 0.4) is 0 Å². The van der Waals surface area contributed by atoms with E-state index in [2.05, 4.69) is 29.8 Å². The molecule has 2 aliphatic rings. The summed E-state index contributed by atoms with van der Waals surface area (Å²) in [6.07, 6.45) is 6.13. The van der Waals surface area contributed by atoms with Crippen molar-refractivity contribution in [2.75, 3.05) is 37.8 Å². The standard InChI is InChI=1S/C30H35N3O5/c1-20-25(32-29(38-20)21-7-9-27(31-19-21)33-14-17-36-18-15-33)12-16-37-26-6-4-5-22-23(26)11-13-30(2,3)24(22)8-10-28(34)35/h4-9,19H,10-18H2,1-3H3,(H,34,35)/b24-8+.